The average Bonchev–Trinajstić information content (AvgIpc) is 4.02. The molecule has 0 spiro atoms. The minimum Gasteiger partial charge on any atom is -0.491 e. The molecule has 2 aliphatic heterocycles. The molecule has 3 aromatic carbocycles. The van der Waals surface area contributed by atoms with Crippen molar-refractivity contribution in [3.05, 3.63) is 81.5 Å². The number of amides is 2. The zero-order chi connectivity index (χ0) is 41.7. The summed E-state index contributed by atoms with van der Waals surface area (Å²) in [5.74, 6) is 2.55. The number of Topliss-reactive ketones (excluding diaryl/α,β-unsaturated/α-hetero) is 1. The fourth-order valence-electron chi connectivity index (χ4n) is 7.51. The van der Waals surface area contributed by atoms with E-state index in [4.69, 9.17) is 23.7 Å². The van der Waals surface area contributed by atoms with Crippen LogP contribution in [0.2, 0.25) is 0 Å². The topological polar surface area (TPSA) is 160 Å². The molecular weight excluding hydrogens is 920 g/mol. The lowest BCUT2D eigenvalue weighted by Crippen LogP contribution is -2.36. The predicted octanol–water partition coefficient (Wildman–Crippen LogP) is 7.05. The Morgan fingerprint density at radius 2 is 1.48 bits per heavy atom. The quantitative estimate of drug-likeness (QED) is 0.0385. The predicted molar refractivity (Wildman–Crippen MR) is 238 cm³/mol. The summed E-state index contributed by atoms with van der Waals surface area (Å²) in [6, 6.07) is 20.1. The van der Waals surface area contributed by atoms with Crippen molar-refractivity contribution in [1.29, 1.82) is 0 Å². The van der Waals surface area contributed by atoms with E-state index in [0.29, 0.717) is 88.0 Å². The fraction of sp³-hybridized carbons (Fsp3) is 0.488. The third-order valence-electron chi connectivity index (χ3n) is 10.5. The van der Waals surface area contributed by atoms with Gasteiger partial charge in [-0.2, -0.15) is 11.8 Å². The van der Waals surface area contributed by atoms with E-state index >= 15 is 0 Å². The number of unbranched alkanes of at least 4 members (excludes halogenated alkanes) is 1. The summed E-state index contributed by atoms with van der Waals surface area (Å²) in [6.07, 6.45) is 5.92. The monoisotopic (exact) mass is 970 g/mol. The number of carbonyl (C=O) groups excluding carboxylic acids is 2. The van der Waals surface area contributed by atoms with Crippen molar-refractivity contribution >= 4 is 77.2 Å². The highest BCUT2D eigenvalue weighted by molar-refractivity contribution is 9.10. The van der Waals surface area contributed by atoms with Gasteiger partial charge in [-0.1, -0.05) is 43.5 Å². The Morgan fingerprint density at radius 3 is 2.20 bits per heavy atom. The van der Waals surface area contributed by atoms with Crippen molar-refractivity contribution in [2.45, 2.75) is 81.7 Å². The number of aliphatic hydroxyl groups is 1. The summed E-state index contributed by atoms with van der Waals surface area (Å²) in [4.78, 5) is 23.8. The van der Waals surface area contributed by atoms with Crippen LogP contribution in [0.4, 0.5) is 4.79 Å². The zero-order valence-electron chi connectivity index (χ0n) is 33.4. The first kappa shape index (κ1) is 44.3. The number of halogens is 2. The van der Waals surface area contributed by atoms with Crippen LogP contribution in [0.5, 0.6) is 11.5 Å². The van der Waals surface area contributed by atoms with Gasteiger partial charge in [0, 0.05) is 61.2 Å². The van der Waals surface area contributed by atoms with Crippen LogP contribution in [0, 0.1) is 0 Å². The lowest BCUT2D eigenvalue weighted by Gasteiger charge is -2.16. The van der Waals surface area contributed by atoms with E-state index in [1.807, 2.05) is 54.4 Å². The molecule has 2 aromatic heterocycles. The molecule has 60 heavy (non-hydrogen) atoms. The molecule has 0 bridgehead atoms. The van der Waals surface area contributed by atoms with E-state index in [-0.39, 0.29) is 37.1 Å². The van der Waals surface area contributed by atoms with Gasteiger partial charge in [0.25, 0.3) is 0 Å². The number of ether oxygens (including phenoxy) is 5. The number of hydrogen-bond acceptors (Lipinski definition) is 11. The van der Waals surface area contributed by atoms with Gasteiger partial charge in [-0.25, -0.2) is 9.48 Å². The number of ketones is 1. The number of carbonyl (C=O) groups is 2. The maximum absolute atomic E-state index is 12.2. The minimum atomic E-state index is -0.722. The molecule has 2 amide bonds. The number of rotatable bonds is 26. The van der Waals surface area contributed by atoms with Gasteiger partial charge in [0.05, 0.1) is 64.4 Å². The highest BCUT2D eigenvalue weighted by atomic mass is 79.9. The van der Waals surface area contributed by atoms with E-state index in [2.05, 4.69) is 81.6 Å². The Hall–Kier alpha value is -3.71. The van der Waals surface area contributed by atoms with Crippen molar-refractivity contribution in [2.75, 3.05) is 52.0 Å². The molecule has 3 N–H and O–H groups in total. The Labute approximate surface area is 370 Å². The SMILES string of the molecule is O=C(CCCC[C@@H]1SC[C@@H]2NC(=O)N[C@@H]21)CCCOCCOCCOCCn1cc(COc2ccc(OCC(O)Cn3c4ccc(Br)cc4c4cc(Br)ccc43)cc2)nn1. The molecule has 17 heteroatoms. The lowest BCUT2D eigenvalue weighted by molar-refractivity contribution is -0.119. The van der Waals surface area contributed by atoms with Crippen LogP contribution < -0.4 is 20.1 Å². The van der Waals surface area contributed by atoms with Gasteiger partial charge in [0.1, 0.15) is 42.3 Å². The second kappa shape index (κ2) is 22.4. The Morgan fingerprint density at radius 1 is 0.833 bits per heavy atom. The number of thioether (sulfide) groups is 1. The first-order valence-corrected chi connectivity index (χ1v) is 23.2. The summed E-state index contributed by atoms with van der Waals surface area (Å²) in [7, 11) is 0. The number of aromatic nitrogens is 4. The molecule has 2 saturated heterocycles. The van der Waals surface area contributed by atoms with Crippen LogP contribution >= 0.6 is 43.6 Å². The molecule has 0 saturated carbocycles. The molecule has 322 valence electrons. The van der Waals surface area contributed by atoms with Crippen LogP contribution in [0.25, 0.3) is 21.8 Å². The Balaban J connectivity index is 0.681. The summed E-state index contributed by atoms with van der Waals surface area (Å²) >= 11 is 9.09. The van der Waals surface area contributed by atoms with E-state index in [1.54, 1.807) is 4.68 Å². The largest absolute Gasteiger partial charge is 0.491 e. The molecule has 0 radical (unpaired) electrons. The van der Waals surface area contributed by atoms with Crippen molar-refractivity contribution in [3.8, 4) is 11.5 Å². The second-order valence-corrected chi connectivity index (χ2v) is 18.1. The number of urea groups is 1. The third kappa shape index (κ3) is 12.7. The van der Waals surface area contributed by atoms with Gasteiger partial charge in [0.15, 0.2) is 0 Å². The van der Waals surface area contributed by atoms with Crippen molar-refractivity contribution in [3.63, 3.8) is 0 Å². The number of nitrogens with one attached hydrogen (secondary N) is 2. The number of nitrogens with zero attached hydrogens (tertiary/aromatic N) is 4. The first-order chi connectivity index (χ1) is 29.3. The van der Waals surface area contributed by atoms with Gasteiger partial charge in [-0.3, -0.25) is 4.79 Å². The molecule has 1 unspecified atom stereocenters. The Bertz CT molecular complexity index is 2110. The average molecular weight is 973 g/mol. The highest BCUT2D eigenvalue weighted by Crippen LogP contribution is 2.34. The van der Waals surface area contributed by atoms with Crippen molar-refractivity contribution in [2.24, 2.45) is 0 Å². The molecule has 4 atom stereocenters. The molecule has 0 aliphatic carbocycles. The Kier molecular flexibility index (Phi) is 16.6. The molecule has 14 nitrogen and oxygen atoms in total. The molecule has 2 fully saturated rings. The zero-order valence-corrected chi connectivity index (χ0v) is 37.4. The van der Waals surface area contributed by atoms with E-state index < -0.39 is 6.10 Å². The summed E-state index contributed by atoms with van der Waals surface area (Å²) in [5.41, 5.74) is 2.80. The standard InChI is InChI=1S/C43H52Br2N6O8S/c44-29-7-13-39-36(22-29)37-23-30(45)8-14-40(37)51(39)25-33(53)27-59-35-11-9-34(10-12-35)58-26-31-24-50(49-48-31)15-17-56-19-21-57-20-18-55-16-3-5-32(52)4-1-2-6-41-42-38(28-60-41)46-43(54)47-42/h7-14,22-24,33,38,41-42,53H,1-6,15-21,25-28H2,(H2,46,47,54)/t33?,38-,41-,42-/m0/s1. The number of hydrogen-bond donors (Lipinski definition) is 3. The van der Waals surface area contributed by atoms with Gasteiger partial charge in [0.2, 0.25) is 0 Å². The normalized spacial score (nSPS) is 17.9. The van der Waals surface area contributed by atoms with Crippen molar-refractivity contribution < 1.29 is 38.4 Å². The lowest BCUT2D eigenvalue weighted by atomic mass is 10.0. The van der Waals surface area contributed by atoms with Gasteiger partial charge >= 0.3 is 6.03 Å². The minimum absolute atomic E-state index is 0.0544. The van der Waals surface area contributed by atoms with E-state index in [9.17, 15) is 14.7 Å². The number of aliphatic hydroxyl groups excluding tert-OH is 1. The molecule has 4 heterocycles. The summed E-state index contributed by atoms with van der Waals surface area (Å²) < 4.78 is 34.6. The van der Waals surface area contributed by atoms with Gasteiger partial charge in [-0.15, -0.1) is 5.10 Å². The maximum atomic E-state index is 12.2. The second-order valence-electron chi connectivity index (χ2n) is 15.0. The molecular formula is C43H52Br2N6O8S. The third-order valence-corrected chi connectivity index (χ3v) is 13.0. The van der Waals surface area contributed by atoms with Crippen molar-refractivity contribution in [1.82, 2.24) is 30.2 Å². The first-order valence-electron chi connectivity index (χ1n) is 20.5. The number of fused-ring (bicyclic) bond motifs is 4. The van der Waals surface area contributed by atoms with E-state index in [0.717, 1.165) is 62.2 Å². The summed E-state index contributed by atoms with van der Waals surface area (Å²) in [5, 5.41) is 28.0. The van der Waals surface area contributed by atoms with Crippen LogP contribution in [0.3, 0.4) is 0 Å². The van der Waals surface area contributed by atoms with E-state index in [1.165, 1.54) is 0 Å². The molecule has 2 aliphatic rings. The molecule has 7 rings (SSSR count). The van der Waals surface area contributed by atoms with Crippen LogP contribution in [-0.4, -0.2) is 112 Å². The fourth-order valence-corrected chi connectivity index (χ4v) is 9.78. The van der Waals surface area contributed by atoms with Crippen LogP contribution in [0.15, 0.2) is 75.8 Å². The molecule has 5 aromatic rings. The number of benzene rings is 3. The van der Waals surface area contributed by atoms with Crippen LogP contribution in [-0.2, 0) is 38.7 Å². The maximum Gasteiger partial charge on any atom is 0.315 e. The van der Waals surface area contributed by atoms with Gasteiger partial charge in [-0.05, 0) is 79.9 Å². The smallest absolute Gasteiger partial charge is 0.315 e. The highest BCUT2D eigenvalue weighted by Gasteiger charge is 2.42. The van der Waals surface area contributed by atoms with Gasteiger partial charge < -0.3 is 44.0 Å². The van der Waals surface area contributed by atoms with Crippen LogP contribution in [0.1, 0.15) is 44.2 Å². The summed E-state index contributed by atoms with van der Waals surface area (Å²) in [6.45, 7) is 4.24.